The highest BCUT2D eigenvalue weighted by molar-refractivity contribution is 6.04. The van der Waals surface area contributed by atoms with Crippen molar-refractivity contribution < 1.29 is 19.1 Å². The zero-order valence-electron chi connectivity index (χ0n) is 15.9. The summed E-state index contributed by atoms with van der Waals surface area (Å²) in [5.41, 5.74) is 3.34. The van der Waals surface area contributed by atoms with Crippen LogP contribution in [0.2, 0.25) is 0 Å². The number of anilines is 3. The van der Waals surface area contributed by atoms with Crippen LogP contribution in [0.1, 0.15) is 38.0 Å². The lowest BCUT2D eigenvalue weighted by Crippen LogP contribution is -2.12. The smallest absolute Gasteiger partial charge is 0.337 e. The maximum Gasteiger partial charge on any atom is 0.337 e. The van der Waals surface area contributed by atoms with Gasteiger partial charge in [-0.1, -0.05) is 0 Å². The number of amides is 1. The summed E-state index contributed by atoms with van der Waals surface area (Å²) in [5, 5.41) is 5.91. The van der Waals surface area contributed by atoms with Crippen molar-refractivity contribution in [1.29, 1.82) is 0 Å². The number of rotatable bonds is 6. The average molecular weight is 389 g/mol. The van der Waals surface area contributed by atoms with Crippen LogP contribution in [-0.2, 0) is 4.74 Å². The number of esters is 1. The molecule has 3 rings (SSSR count). The van der Waals surface area contributed by atoms with Crippen molar-refractivity contribution in [1.82, 2.24) is 4.98 Å². The van der Waals surface area contributed by atoms with Crippen molar-refractivity contribution >= 4 is 34.7 Å². The zero-order valence-corrected chi connectivity index (χ0v) is 15.9. The van der Waals surface area contributed by atoms with Gasteiger partial charge in [-0.3, -0.25) is 14.6 Å². The van der Waals surface area contributed by atoms with Crippen LogP contribution in [-0.4, -0.2) is 29.8 Å². The minimum absolute atomic E-state index is 0.00324. The number of Topliss-reactive ketones (excluding diaryl/α,β-unsaturated/α-hetero) is 1. The highest BCUT2D eigenvalue weighted by Crippen LogP contribution is 2.19. The van der Waals surface area contributed by atoms with Gasteiger partial charge in [-0.2, -0.15) is 0 Å². The Labute approximate surface area is 167 Å². The van der Waals surface area contributed by atoms with Crippen molar-refractivity contribution in [3.8, 4) is 0 Å². The summed E-state index contributed by atoms with van der Waals surface area (Å²) < 4.78 is 4.65. The van der Waals surface area contributed by atoms with E-state index in [1.165, 1.54) is 20.2 Å². The minimum atomic E-state index is -0.442. The van der Waals surface area contributed by atoms with Crippen LogP contribution < -0.4 is 10.6 Å². The Morgan fingerprint density at radius 1 is 0.793 bits per heavy atom. The van der Waals surface area contributed by atoms with Gasteiger partial charge in [0.15, 0.2) is 5.78 Å². The molecule has 0 saturated carbocycles. The number of hydrogen-bond donors (Lipinski definition) is 2. The van der Waals surface area contributed by atoms with Gasteiger partial charge in [0.05, 0.1) is 30.1 Å². The number of aromatic nitrogens is 1. The maximum absolute atomic E-state index is 12.5. The monoisotopic (exact) mass is 389 g/mol. The molecule has 0 unspecified atom stereocenters. The first kappa shape index (κ1) is 19.8. The Morgan fingerprint density at radius 2 is 1.41 bits per heavy atom. The van der Waals surface area contributed by atoms with Gasteiger partial charge in [-0.15, -0.1) is 0 Å². The topological polar surface area (TPSA) is 97.4 Å². The summed E-state index contributed by atoms with van der Waals surface area (Å²) >= 11 is 0. The SMILES string of the molecule is COC(=O)c1ccc(NC(=O)c2cncc(Nc3ccc(C(C)=O)cc3)c2)cc1. The number of ketones is 1. The van der Waals surface area contributed by atoms with Gasteiger partial charge in [0.25, 0.3) is 5.91 Å². The van der Waals surface area contributed by atoms with E-state index in [1.54, 1.807) is 60.8 Å². The molecule has 2 aromatic carbocycles. The van der Waals surface area contributed by atoms with Crippen molar-refractivity contribution in [2.24, 2.45) is 0 Å². The molecule has 0 saturated heterocycles. The van der Waals surface area contributed by atoms with Gasteiger partial charge in [0.2, 0.25) is 0 Å². The molecule has 0 atom stereocenters. The summed E-state index contributed by atoms with van der Waals surface area (Å²) in [4.78, 5) is 39.4. The molecule has 0 aliphatic carbocycles. The van der Waals surface area contributed by atoms with Crippen LogP contribution in [0.25, 0.3) is 0 Å². The highest BCUT2D eigenvalue weighted by Gasteiger charge is 2.10. The molecule has 1 amide bonds. The fourth-order valence-electron chi connectivity index (χ4n) is 2.60. The Hall–Kier alpha value is -4.00. The van der Waals surface area contributed by atoms with E-state index in [0.717, 1.165) is 5.69 Å². The molecular weight excluding hydrogens is 370 g/mol. The van der Waals surface area contributed by atoms with Gasteiger partial charge in [-0.05, 0) is 61.5 Å². The van der Waals surface area contributed by atoms with E-state index >= 15 is 0 Å². The Kier molecular flexibility index (Phi) is 5.99. The van der Waals surface area contributed by atoms with E-state index < -0.39 is 5.97 Å². The molecule has 0 spiro atoms. The predicted octanol–water partition coefficient (Wildman–Crippen LogP) is 4.07. The highest BCUT2D eigenvalue weighted by atomic mass is 16.5. The molecule has 0 aliphatic rings. The maximum atomic E-state index is 12.5. The van der Waals surface area contributed by atoms with E-state index in [2.05, 4.69) is 20.4 Å². The number of pyridine rings is 1. The van der Waals surface area contributed by atoms with Crippen molar-refractivity contribution in [2.45, 2.75) is 6.92 Å². The van der Waals surface area contributed by atoms with Gasteiger partial charge in [0, 0.05) is 23.1 Å². The summed E-state index contributed by atoms with van der Waals surface area (Å²) in [6, 6.07) is 15.1. The fourth-order valence-corrected chi connectivity index (χ4v) is 2.60. The number of nitrogens with zero attached hydrogens (tertiary/aromatic N) is 1. The Bertz CT molecular complexity index is 1040. The molecule has 0 bridgehead atoms. The quantitative estimate of drug-likeness (QED) is 0.487. The first-order valence-electron chi connectivity index (χ1n) is 8.79. The summed E-state index contributed by atoms with van der Waals surface area (Å²) in [5.74, 6) is -0.780. The molecule has 0 aliphatic heterocycles. The fraction of sp³-hybridized carbons (Fsp3) is 0.0909. The summed E-state index contributed by atoms with van der Waals surface area (Å²) in [6.45, 7) is 1.51. The van der Waals surface area contributed by atoms with E-state index in [9.17, 15) is 14.4 Å². The minimum Gasteiger partial charge on any atom is -0.465 e. The van der Waals surface area contributed by atoms with Crippen molar-refractivity contribution in [2.75, 3.05) is 17.7 Å². The van der Waals surface area contributed by atoms with Gasteiger partial charge in [-0.25, -0.2) is 4.79 Å². The summed E-state index contributed by atoms with van der Waals surface area (Å²) in [6.07, 6.45) is 3.06. The zero-order chi connectivity index (χ0) is 20.8. The lowest BCUT2D eigenvalue weighted by atomic mass is 10.1. The number of nitrogens with one attached hydrogen (secondary N) is 2. The molecule has 7 nitrogen and oxygen atoms in total. The Morgan fingerprint density at radius 3 is 2.03 bits per heavy atom. The van der Waals surface area contributed by atoms with E-state index in [-0.39, 0.29) is 11.7 Å². The number of carbonyl (C=O) groups is 3. The standard InChI is InChI=1S/C22H19N3O4/c1-14(26)15-3-7-18(8-4-15)24-20-11-17(12-23-13-20)21(27)25-19-9-5-16(6-10-19)22(28)29-2/h3-13,24H,1-2H3,(H,25,27). The van der Waals surface area contributed by atoms with Crippen LogP contribution in [0.4, 0.5) is 17.1 Å². The predicted molar refractivity (Wildman–Crippen MR) is 110 cm³/mol. The van der Waals surface area contributed by atoms with Crippen molar-refractivity contribution in [3.63, 3.8) is 0 Å². The normalized spacial score (nSPS) is 10.1. The third-order valence-electron chi connectivity index (χ3n) is 4.14. The molecule has 3 aromatic rings. The Balaban J connectivity index is 1.69. The van der Waals surface area contributed by atoms with Crippen LogP contribution in [0.15, 0.2) is 67.0 Å². The molecule has 146 valence electrons. The van der Waals surface area contributed by atoms with Crippen LogP contribution in [0.3, 0.4) is 0 Å². The molecular formula is C22H19N3O4. The lowest BCUT2D eigenvalue weighted by Gasteiger charge is -2.09. The number of carbonyl (C=O) groups excluding carboxylic acids is 3. The van der Waals surface area contributed by atoms with Gasteiger partial charge >= 0.3 is 5.97 Å². The van der Waals surface area contributed by atoms with Crippen LogP contribution in [0, 0.1) is 0 Å². The molecule has 29 heavy (non-hydrogen) atoms. The van der Waals surface area contributed by atoms with Gasteiger partial charge in [0.1, 0.15) is 0 Å². The number of ether oxygens (including phenoxy) is 1. The second-order valence-corrected chi connectivity index (χ2v) is 6.24. The number of hydrogen-bond acceptors (Lipinski definition) is 6. The second kappa shape index (κ2) is 8.79. The van der Waals surface area contributed by atoms with Crippen LogP contribution >= 0.6 is 0 Å². The van der Waals surface area contributed by atoms with E-state index in [4.69, 9.17) is 0 Å². The second-order valence-electron chi connectivity index (χ2n) is 6.24. The lowest BCUT2D eigenvalue weighted by molar-refractivity contribution is 0.0600. The van der Waals surface area contributed by atoms with Crippen LogP contribution in [0.5, 0.6) is 0 Å². The van der Waals surface area contributed by atoms with E-state index in [1.807, 2.05) is 0 Å². The first-order valence-corrected chi connectivity index (χ1v) is 8.79. The third kappa shape index (κ3) is 5.04. The van der Waals surface area contributed by atoms with Gasteiger partial charge < -0.3 is 15.4 Å². The molecule has 2 N–H and O–H groups in total. The number of methoxy groups -OCH3 is 1. The third-order valence-corrected chi connectivity index (χ3v) is 4.14. The molecule has 0 radical (unpaired) electrons. The largest absolute Gasteiger partial charge is 0.465 e. The number of benzene rings is 2. The first-order chi connectivity index (χ1) is 14.0. The molecule has 0 fully saturated rings. The molecule has 1 heterocycles. The van der Waals surface area contributed by atoms with Crippen molar-refractivity contribution in [3.05, 3.63) is 83.7 Å². The molecule has 7 heteroatoms. The van der Waals surface area contributed by atoms with E-state index in [0.29, 0.717) is 28.1 Å². The molecule has 1 aromatic heterocycles. The summed E-state index contributed by atoms with van der Waals surface area (Å²) in [7, 11) is 1.31. The average Bonchev–Trinajstić information content (AvgIpc) is 2.74.